The number of nitrogens with zero attached hydrogens (tertiary/aromatic N) is 5. The number of aromatic nitrogens is 3. The third-order valence-electron chi connectivity index (χ3n) is 6.32. The molecule has 1 aliphatic heterocycles. The third-order valence-corrected chi connectivity index (χ3v) is 9.14. The predicted molar refractivity (Wildman–Crippen MR) is 139 cm³/mol. The van der Waals surface area contributed by atoms with Crippen LogP contribution in [0.1, 0.15) is 11.4 Å². The van der Waals surface area contributed by atoms with Crippen LogP contribution < -0.4 is 5.84 Å². The molecule has 12 heteroatoms. The Balaban J connectivity index is 1.16. The van der Waals surface area contributed by atoms with Crippen LogP contribution in [0.5, 0.6) is 0 Å². The topological polar surface area (TPSA) is 114 Å². The maximum Gasteiger partial charge on any atom is 0.243 e. The number of piperazine rings is 1. The molecule has 4 aromatic rings. The van der Waals surface area contributed by atoms with E-state index in [0.717, 1.165) is 22.5 Å². The van der Waals surface area contributed by atoms with Crippen molar-refractivity contribution in [3.05, 3.63) is 83.9 Å². The minimum atomic E-state index is -3.66. The Kier molecular flexibility index (Phi) is 7.13. The molecule has 0 spiro atoms. The van der Waals surface area contributed by atoms with E-state index in [1.54, 1.807) is 41.3 Å². The monoisotopic (exact) mass is 540 g/mol. The van der Waals surface area contributed by atoms with Gasteiger partial charge >= 0.3 is 0 Å². The second-order valence-electron chi connectivity index (χ2n) is 8.62. The van der Waals surface area contributed by atoms with Gasteiger partial charge in [-0.15, -0.1) is 10.2 Å². The molecule has 1 aromatic heterocycles. The first-order valence-electron chi connectivity index (χ1n) is 11.7. The SMILES string of the molecule is Nn1c(Cc2ccccc2F)nnc1SCC(=O)N1CCN(S(=O)(=O)c2ccc3ccccc3c2)CC1. The summed E-state index contributed by atoms with van der Waals surface area (Å²) < 4.78 is 43.0. The standard InChI is InChI=1S/C25H25FN6O3S2/c26-22-8-4-3-7-20(22)16-23-28-29-25(32(23)27)36-17-24(33)30-11-13-31(14-12-30)37(34,35)21-10-9-18-5-1-2-6-19(18)15-21/h1-10,15H,11-14,16-17,27H2. The lowest BCUT2D eigenvalue weighted by Gasteiger charge is -2.34. The molecule has 192 valence electrons. The van der Waals surface area contributed by atoms with E-state index in [1.807, 2.05) is 24.3 Å². The van der Waals surface area contributed by atoms with Crippen LogP contribution in [0.4, 0.5) is 4.39 Å². The maximum atomic E-state index is 13.9. The summed E-state index contributed by atoms with van der Waals surface area (Å²) in [6, 6.07) is 19.1. The van der Waals surface area contributed by atoms with Gasteiger partial charge in [0, 0.05) is 32.6 Å². The van der Waals surface area contributed by atoms with Gasteiger partial charge in [-0.05, 0) is 34.5 Å². The van der Waals surface area contributed by atoms with E-state index in [2.05, 4.69) is 10.2 Å². The van der Waals surface area contributed by atoms with Crippen LogP contribution in [0.25, 0.3) is 10.8 Å². The lowest BCUT2D eigenvalue weighted by molar-refractivity contribution is -0.129. The molecule has 0 atom stereocenters. The van der Waals surface area contributed by atoms with Crippen molar-refractivity contribution < 1.29 is 17.6 Å². The van der Waals surface area contributed by atoms with Crippen molar-refractivity contribution >= 4 is 38.5 Å². The van der Waals surface area contributed by atoms with Crippen LogP contribution in [0.15, 0.2) is 76.8 Å². The number of benzene rings is 3. The lowest BCUT2D eigenvalue weighted by Crippen LogP contribution is -2.51. The summed E-state index contributed by atoms with van der Waals surface area (Å²) >= 11 is 1.14. The van der Waals surface area contributed by atoms with Crippen molar-refractivity contribution in [1.29, 1.82) is 0 Å². The summed E-state index contributed by atoms with van der Waals surface area (Å²) in [7, 11) is -3.66. The Morgan fingerprint density at radius 2 is 1.65 bits per heavy atom. The lowest BCUT2D eigenvalue weighted by atomic mass is 10.1. The average Bonchev–Trinajstić information content (AvgIpc) is 3.27. The molecule has 0 radical (unpaired) electrons. The zero-order valence-corrected chi connectivity index (χ0v) is 21.5. The van der Waals surface area contributed by atoms with Gasteiger partial charge in [0.05, 0.1) is 10.6 Å². The molecular weight excluding hydrogens is 515 g/mol. The summed E-state index contributed by atoms with van der Waals surface area (Å²) in [4.78, 5) is 14.7. The second-order valence-corrected chi connectivity index (χ2v) is 11.5. The molecule has 0 bridgehead atoms. The minimum absolute atomic E-state index is 0.0758. The Labute approximate surface area is 218 Å². The Morgan fingerprint density at radius 1 is 0.946 bits per heavy atom. The number of halogens is 1. The van der Waals surface area contributed by atoms with Gasteiger partial charge in [-0.3, -0.25) is 4.79 Å². The van der Waals surface area contributed by atoms with Crippen LogP contribution in [0, 0.1) is 5.82 Å². The highest BCUT2D eigenvalue weighted by Gasteiger charge is 2.30. The van der Waals surface area contributed by atoms with Gasteiger partial charge in [0.25, 0.3) is 0 Å². The molecule has 9 nitrogen and oxygen atoms in total. The van der Waals surface area contributed by atoms with Gasteiger partial charge in [0.2, 0.25) is 21.1 Å². The number of nitrogen functional groups attached to an aromatic ring is 1. The van der Waals surface area contributed by atoms with Crippen molar-refractivity contribution in [2.24, 2.45) is 0 Å². The number of amides is 1. The zero-order valence-electron chi connectivity index (χ0n) is 19.8. The molecule has 2 heterocycles. The van der Waals surface area contributed by atoms with Gasteiger partial charge in [0.1, 0.15) is 5.82 Å². The second kappa shape index (κ2) is 10.5. The fourth-order valence-corrected chi connectivity index (χ4v) is 6.45. The molecule has 1 saturated heterocycles. The molecular formula is C25H25FN6O3S2. The number of fused-ring (bicyclic) bond motifs is 1. The minimum Gasteiger partial charge on any atom is -0.339 e. The largest absolute Gasteiger partial charge is 0.339 e. The Hall–Kier alpha value is -3.48. The van der Waals surface area contributed by atoms with Crippen LogP contribution in [-0.2, 0) is 21.2 Å². The van der Waals surface area contributed by atoms with E-state index in [0.29, 0.717) is 29.6 Å². The number of hydrogen-bond donors (Lipinski definition) is 1. The van der Waals surface area contributed by atoms with Gasteiger partial charge in [-0.25, -0.2) is 17.5 Å². The molecule has 0 aliphatic carbocycles. The zero-order chi connectivity index (χ0) is 26.0. The number of thioether (sulfide) groups is 1. The molecule has 5 rings (SSSR count). The third kappa shape index (κ3) is 5.31. The van der Waals surface area contributed by atoms with E-state index in [1.165, 1.54) is 15.0 Å². The first-order valence-corrected chi connectivity index (χ1v) is 14.1. The fourth-order valence-electron chi connectivity index (χ4n) is 4.21. The molecule has 2 N–H and O–H groups in total. The highest BCUT2D eigenvalue weighted by molar-refractivity contribution is 7.99. The quantitative estimate of drug-likeness (QED) is 0.283. The Morgan fingerprint density at radius 3 is 2.41 bits per heavy atom. The smallest absolute Gasteiger partial charge is 0.243 e. The molecule has 1 aliphatic rings. The highest BCUT2D eigenvalue weighted by Crippen LogP contribution is 2.23. The van der Waals surface area contributed by atoms with E-state index in [9.17, 15) is 17.6 Å². The molecule has 0 unspecified atom stereocenters. The predicted octanol–water partition coefficient (Wildman–Crippen LogP) is 2.50. The van der Waals surface area contributed by atoms with Crippen molar-refractivity contribution in [2.75, 3.05) is 37.8 Å². The van der Waals surface area contributed by atoms with Crippen molar-refractivity contribution in [3.63, 3.8) is 0 Å². The molecule has 37 heavy (non-hydrogen) atoms. The normalized spacial score (nSPS) is 14.8. The van der Waals surface area contributed by atoms with Crippen molar-refractivity contribution in [2.45, 2.75) is 16.5 Å². The number of carbonyl (C=O) groups excluding carboxylic acids is 1. The van der Waals surface area contributed by atoms with Crippen LogP contribution >= 0.6 is 11.8 Å². The molecule has 1 amide bonds. The van der Waals surface area contributed by atoms with E-state index < -0.39 is 10.0 Å². The number of carbonyl (C=O) groups is 1. The molecule has 3 aromatic carbocycles. The van der Waals surface area contributed by atoms with Gasteiger partial charge in [-0.2, -0.15) is 4.31 Å². The summed E-state index contributed by atoms with van der Waals surface area (Å²) in [6.07, 6.45) is 0.179. The van der Waals surface area contributed by atoms with Crippen LogP contribution in [0.2, 0.25) is 0 Å². The summed E-state index contributed by atoms with van der Waals surface area (Å²) in [6.45, 7) is 1.01. The highest BCUT2D eigenvalue weighted by atomic mass is 32.2. The van der Waals surface area contributed by atoms with Crippen molar-refractivity contribution in [1.82, 2.24) is 24.1 Å². The maximum absolute atomic E-state index is 13.9. The summed E-state index contributed by atoms with van der Waals surface area (Å²) in [5, 5.41) is 10.2. The molecule has 0 saturated carbocycles. The fraction of sp³-hybridized carbons (Fsp3) is 0.240. The Bertz CT molecular complexity index is 1550. The van der Waals surface area contributed by atoms with E-state index >= 15 is 0 Å². The number of nitrogens with two attached hydrogens (primary N) is 1. The number of hydrogen-bond acceptors (Lipinski definition) is 7. The molecule has 1 fully saturated rings. The van der Waals surface area contributed by atoms with Gasteiger partial charge in [0.15, 0.2) is 5.82 Å². The summed E-state index contributed by atoms with van der Waals surface area (Å²) in [5.74, 6) is 6.03. The summed E-state index contributed by atoms with van der Waals surface area (Å²) in [5.41, 5.74) is 0.450. The number of rotatable bonds is 7. The average molecular weight is 541 g/mol. The van der Waals surface area contributed by atoms with E-state index in [4.69, 9.17) is 5.84 Å². The number of sulfonamides is 1. The van der Waals surface area contributed by atoms with E-state index in [-0.39, 0.29) is 41.9 Å². The van der Waals surface area contributed by atoms with Gasteiger partial charge < -0.3 is 10.7 Å². The van der Waals surface area contributed by atoms with Crippen LogP contribution in [0.3, 0.4) is 0 Å². The first kappa shape index (κ1) is 25.2. The van der Waals surface area contributed by atoms with Crippen molar-refractivity contribution in [3.8, 4) is 0 Å². The first-order chi connectivity index (χ1) is 17.8. The van der Waals surface area contributed by atoms with Gasteiger partial charge in [-0.1, -0.05) is 60.3 Å². The van der Waals surface area contributed by atoms with Crippen LogP contribution in [-0.4, -0.2) is 70.3 Å².